The van der Waals surface area contributed by atoms with Gasteiger partial charge in [-0.05, 0) is 37.5 Å². The van der Waals surface area contributed by atoms with Gasteiger partial charge in [0, 0.05) is 24.2 Å². The van der Waals surface area contributed by atoms with Crippen molar-refractivity contribution in [3.05, 3.63) is 58.9 Å². The van der Waals surface area contributed by atoms with Gasteiger partial charge in [-0.2, -0.15) is 4.57 Å². The molecule has 2 rings (SSSR count). The summed E-state index contributed by atoms with van der Waals surface area (Å²) in [6, 6.07) is 10.2. The highest BCUT2D eigenvalue weighted by atomic mass is 16.1. The molecule has 0 saturated carbocycles. The Morgan fingerprint density at radius 1 is 1.10 bits per heavy atom. The average Bonchev–Trinajstić information content (AvgIpc) is 2.46. The molecule has 3 heteroatoms. The second kappa shape index (κ2) is 6.53. The number of aromatic nitrogens is 1. The molecular weight excluding hydrogens is 260 g/mol. The molecule has 0 radical (unpaired) electrons. The zero-order valence-electron chi connectivity index (χ0n) is 13.2. The Morgan fingerprint density at radius 3 is 2.52 bits per heavy atom. The van der Waals surface area contributed by atoms with Crippen LogP contribution < -0.4 is 9.88 Å². The standard InChI is InChI=1S/C18H22N2O/c1-5-16-10-6-8-14(3)18(16)19-17(21)12-20-11-7-9-13(2)15(20)4/h6-11H,5,12H2,1-4H3/p+1. The average molecular weight is 283 g/mol. The number of hydrogen-bond acceptors (Lipinski definition) is 1. The van der Waals surface area contributed by atoms with Crippen LogP contribution in [0.15, 0.2) is 36.5 Å². The number of nitrogens with zero attached hydrogens (tertiary/aromatic N) is 1. The van der Waals surface area contributed by atoms with E-state index in [1.807, 2.05) is 42.8 Å². The number of carbonyl (C=O) groups is 1. The Hall–Kier alpha value is -2.16. The number of benzene rings is 1. The molecule has 1 aromatic carbocycles. The molecule has 1 N–H and O–H groups in total. The lowest BCUT2D eigenvalue weighted by Gasteiger charge is -2.12. The van der Waals surface area contributed by atoms with Gasteiger partial charge in [-0.15, -0.1) is 0 Å². The summed E-state index contributed by atoms with van der Waals surface area (Å²) < 4.78 is 1.98. The van der Waals surface area contributed by atoms with Crippen LogP contribution in [0.3, 0.4) is 0 Å². The summed E-state index contributed by atoms with van der Waals surface area (Å²) in [5.74, 6) is 0.0118. The van der Waals surface area contributed by atoms with E-state index >= 15 is 0 Å². The van der Waals surface area contributed by atoms with Crippen LogP contribution in [0.1, 0.15) is 29.3 Å². The molecule has 1 aromatic heterocycles. The van der Waals surface area contributed by atoms with E-state index in [1.165, 1.54) is 11.1 Å². The Kier molecular flexibility index (Phi) is 4.73. The van der Waals surface area contributed by atoms with Gasteiger partial charge in [0.15, 0.2) is 11.9 Å². The van der Waals surface area contributed by atoms with Crippen LogP contribution in [0.4, 0.5) is 5.69 Å². The summed E-state index contributed by atoms with van der Waals surface area (Å²) in [6.45, 7) is 8.56. The molecule has 3 nitrogen and oxygen atoms in total. The highest BCUT2D eigenvalue weighted by Crippen LogP contribution is 2.20. The van der Waals surface area contributed by atoms with Gasteiger partial charge >= 0.3 is 0 Å². The monoisotopic (exact) mass is 283 g/mol. The molecule has 0 saturated heterocycles. The summed E-state index contributed by atoms with van der Waals surface area (Å²) in [6.07, 6.45) is 2.86. The third kappa shape index (κ3) is 3.48. The summed E-state index contributed by atoms with van der Waals surface area (Å²) in [4.78, 5) is 12.3. The fourth-order valence-corrected chi connectivity index (χ4v) is 2.46. The second-order valence-electron chi connectivity index (χ2n) is 5.42. The second-order valence-corrected chi connectivity index (χ2v) is 5.42. The number of rotatable bonds is 4. The van der Waals surface area contributed by atoms with Crippen molar-refractivity contribution in [2.45, 2.75) is 40.7 Å². The van der Waals surface area contributed by atoms with Gasteiger partial charge in [0.1, 0.15) is 0 Å². The molecule has 0 fully saturated rings. The maximum Gasteiger partial charge on any atom is 0.290 e. The van der Waals surface area contributed by atoms with E-state index in [-0.39, 0.29) is 5.91 Å². The van der Waals surface area contributed by atoms with E-state index < -0.39 is 0 Å². The van der Waals surface area contributed by atoms with Crippen LogP contribution >= 0.6 is 0 Å². The van der Waals surface area contributed by atoms with Crippen LogP contribution in [-0.2, 0) is 17.8 Å². The molecule has 0 unspecified atom stereocenters. The van der Waals surface area contributed by atoms with E-state index in [0.717, 1.165) is 23.4 Å². The molecule has 110 valence electrons. The molecule has 0 bridgehead atoms. The Labute approximate surface area is 126 Å². The molecule has 0 atom stereocenters. The number of aryl methyl sites for hydroxylation is 3. The third-order valence-electron chi connectivity index (χ3n) is 3.93. The number of carbonyl (C=O) groups excluding carboxylic acids is 1. The first-order valence-corrected chi connectivity index (χ1v) is 7.37. The summed E-state index contributed by atoms with van der Waals surface area (Å²) in [7, 11) is 0. The van der Waals surface area contributed by atoms with Gasteiger partial charge in [0.05, 0.1) is 0 Å². The van der Waals surface area contributed by atoms with Crippen molar-refractivity contribution >= 4 is 11.6 Å². The van der Waals surface area contributed by atoms with Crippen LogP contribution in [0.2, 0.25) is 0 Å². The quantitative estimate of drug-likeness (QED) is 0.859. The van der Waals surface area contributed by atoms with Crippen molar-refractivity contribution in [1.82, 2.24) is 0 Å². The van der Waals surface area contributed by atoms with Crippen LogP contribution in [-0.4, -0.2) is 5.91 Å². The molecule has 2 aromatic rings. The minimum Gasteiger partial charge on any atom is -0.320 e. The highest BCUT2D eigenvalue weighted by Gasteiger charge is 2.15. The molecule has 0 aliphatic rings. The smallest absolute Gasteiger partial charge is 0.290 e. The summed E-state index contributed by atoms with van der Waals surface area (Å²) >= 11 is 0. The van der Waals surface area contributed by atoms with E-state index in [1.54, 1.807) is 0 Å². The Bertz CT molecular complexity index is 662. The lowest BCUT2D eigenvalue weighted by atomic mass is 10.1. The van der Waals surface area contributed by atoms with Crippen molar-refractivity contribution in [3.63, 3.8) is 0 Å². The fraction of sp³-hybridized carbons (Fsp3) is 0.333. The number of hydrogen-bond donors (Lipinski definition) is 1. The number of nitrogens with one attached hydrogen (secondary N) is 1. The van der Waals surface area contributed by atoms with Gasteiger partial charge in [-0.25, -0.2) is 0 Å². The van der Waals surface area contributed by atoms with Gasteiger partial charge in [0.25, 0.3) is 5.91 Å². The van der Waals surface area contributed by atoms with Gasteiger partial charge in [-0.3, -0.25) is 4.79 Å². The Balaban J connectivity index is 2.18. The molecule has 0 spiro atoms. The first-order valence-electron chi connectivity index (χ1n) is 7.37. The molecule has 1 amide bonds. The summed E-state index contributed by atoms with van der Waals surface area (Å²) in [5.41, 5.74) is 5.54. The van der Waals surface area contributed by atoms with Crippen molar-refractivity contribution < 1.29 is 9.36 Å². The summed E-state index contributed by atoms with van der Waals surface area (Å²) in [5, 5.41) is 3.07. The van der Waals surface area contributed by atoms with Crippen LogP contribution in [0.5, 0.6) is 0 Å². The zero-order valence-corrected chi connectivity index (χ0v) is 13.2. The van der Waals surface area contributed by atoms with Crippen LogP contribution in [0, 0.1) is 20.8 Å². The predicted octanol–water partition coefficient (Wildman–Crippen LogP) is 3.10. The molecular formula is C18H23N2O+. The minimum atomic E-state index is 0.0118. The lowest BCUT2D eigenvalue weighted by molar-refractivity contribution is -0.690. The molecule has 21 heavy (non-hydrogen) atoms. The highest BCUT2D eigenvalue weighted by molar-refractivity contribution is 5.91. The SMILES string of the molecule is CCc1cccc(C)c1NC(=O)C[n+]1cccc(C)c1C. The van der Waals surface area contributed by atoms with Gasteiger partial charge < -0.3 is 5.32 Å². The van der Waals surface area contributed by atoms with E-state index in [9.17, 15) is 4.79 Å². The maximum absolute atomic E-state index is 12.3. The predicted molar refractivity (Wildman–Crippen MR) is 85.3 cm³/mol. The molecule has 1 heterocycles. The van der Waals surface area contributed by atoms with E-state index in [2.05, 4.69) is 31.3 Å². The largest absolute Gasteiger partial charge is 0.320 e. The first kappa shape index (κ1) is 15.2. The lowest BCUT2D eigenvalue weighted by Crippen LogP contribution is -2.43. The van der Waals surface area contributed by atoms with Crippen molar-refractivity contribution in [2.24, 2.45) is 0 Å². The first-order chi connectivity index (χ1) is 10.0. The number of anilines is 1. The minimum absolute atomic E-state index is 0.0118. The van der Waals surface area contributed by atoms with Gasteiger partial charge in [-0.1, -0.05) is 25.1 Å². The third-order valence-corrected chi connectivity index (χ3v) is 3.93. The maximum atomic E-state index is 12.3. The van der Waals surface area contributed by atoms with E-state index in [4.69, 9.17) is 0 Å². The van der Waals surface area contributed by atoms with Crippen molar-refractivity contribution in [3.8, 4) is 0 Å². The van der Waals surface area contributed by atoms with Gasteiger partial charge in [0.2, 0.25) is 6.54 Å². The van der Waals surface area contributed by atoms with Crippen LogP contribution in [0.25, 0.3) is 0 Å². The molecule has 0 aliphatic carbocycles. The topological polar surface area (TPSA) is 33.0 Å². The number of pyridine rings is 1. The fourth-order valence-electron chi connectivity index (χ4n) is 2.46. The van der Waals surface area contributed by atoms with E-state index in [0.29, 0.717) is 6.54 Å². The zero-order chi connectivity index (χ0) is 15.4. The number of para-hydroxylation sites is 1. The normalized spacial score (nSPS) is 10.5. The number of amides is 1. The van der Waals surface area contributed by atoms with Crippen molar-refractivity contribution in [2.75, 3.05) is 5.32 Å². The van der Waals surface area contributed by atoms with Crippen molar-refractivity contribution in [1.29, 1.82) is 0 Å². The Morgan fingerprint density at radius 2 is 1.81 bits per heavy atom. The molecule has 0 aliphatic heterocycles.